The molecule has 0 radical (unpaired) electrons. The van der Waals surface area contributed by atoms with E-state index in [1.165, 1.54) is 11.4 Å². The largest absolute Gasteiger partial charge is 0.495 e. The maximum absolute atomic E-state index is 12.2. The van der Waals surface area contributed by atoms with Crippen molar-refractivity contribution in [2.45, 2.75) is 0 Å². The normalized spacial score (nSPS) is 17.2. The summed E-state index contributed by atoms with van der Waals surface area (Å²) >= 11 is 3.31. The molecule has 2 rings (SSSR count). The molecule has 1 saturated heterocycles. The van der Waals surface area contributed by atoms with Crippen LogP contribution in [0.2, 0.25) is 0 Å². The average molecular weight is 351 g/mol. The Labute approximate surface area is 121 Å². The van der Waals surface area contributed by atoms with Crippen molar-refractivity contribution >= 4 is 31.8 Å². The number of nitrogens with one attached hydrogen (secondary N) is 1. The highest BCUT2D eigenvalue weighted by Crippen LogP contribution is 2.29. The third kappa shape index (κ3) is 3.59. The highest BCUT2D eigenvalue weighted by molar-refractivity contribution is 9.10. The van der Waals surface area contributed by atoms with E-state index in [9.17, 15) is 8.42 Å². The van der Waals surface area contributed by atoms with Gasteiger partial charge in [0.2, 0.25) is 0 Å². The van der Waals surface area contributed by atoms with Gasteiger partial charge in [-0.15, -0.1) is 0 Å². The number of hydrogen-bond donors (Lipinski definition) is 1. The first-order valence-electron chi connectivity index (χ1n) is 5.72. The summed E-state index contributed by atoms with van der Waals surface area (Å²) < 4.78 is 39.4. The summed E-state index contributed by atoms with van der Waals surface area (Å²) in [7, 11) is -2.09. The van der Waals surface area contributed by atoms with Crippen molar-refractivity contribution in [3.05, 3.63) is 22.7 Å². The van der Waals surface area contributed by atoms with E-state index < -0.39 is 10.2 Å². The van der Waals surface area contributed by atoms with E-state index in [-0.39, 0.29) is 0 Å². The van der Waals surface area contributed by atoms with E-state index in [0.29, 0.717) is 37.7 Å². The van der Waals surface area contributed by atoms with Crippen molar-refractivity contribution in [2.24, 2.45) is 0 Å². The molecule has 0 aliphatic carbocycles. The first-order valence-corrected chi connectivity index (χ1v) is 7.95. The number of anilines is 1. The van der Waals surface area contributed by atoms with Gasteiger partial charge in [0.05, 0.1) is 26.0 Å². The molecule has 1 fully saturated rings. The summed E-state index contributed by atoms with van der Waals surface area (Å²) in [6, 6.07) is 5.14. The lowest BCUT2D eigenvalue weighted by atomic mass is 10.3. The highest BCUT2D eigenvalue weighted by atomic mass is 79.9. The predicted molar refractivity (Wildman–Crippen MR) is 75.6 cm³/mol. The maximum Gasteiger partial charge on any atom is 0.301 e. The van der Waals surface area contributed by atoms with Crippen LogP contribution in [0, 0.1) is 0 Å². The fraction of sp³-hybridized carbons (Fsp3) is 0.455. The Bertz CT molecular complexity index is 544. The summed E-state index contributed by atoms with van der Waals surface area (Å²) in [5.41, 5.74) is 0.406. The lowest BCUT2D eigenvalue weighted by molar-refractivity contribution is 0.0733. The van der Waals surface area contributed by atoms with Crippen LogP contribution in [-0.4, -0.2) is 46.1 Å². The standard InChI is InChI=1S/C11H15BrN2O4S/c1-17-11-3-2-9(12)8-10(11)13-19(15,16)14-4-6-18-7-5-14/h2-3,8,13H,4-7H2,1H3. The molecule has 0 atom stereocenters. The van der Waals surface area contributed by atoms with Crippen molar-refractivity contribution in [2.75, 3.05) is 38.1 Å². The van der Waals surface area contributed by atoms with Crippen LogP contribution in [0.4, 0.5) is 5.69 Å². The third-order valence-electron chi connectivity index (χ3n) is 2.71. The van der Waals surface area contributed by atoms with Gasteiger partial charge < -0.3 is 9.47 Å². The fourth-order valence-corrected chi connectivity index (χ4v) is 3.31. The summed E-state index contributed by atoms with van der Waals surface area (Å²) in [4.78, 5) is 0. The van der Waals surface area contributed by atoms with E-state index in [0.717, 1.165) is 4.47 Å². The molecule has 0 bridgehead atoms. The summed E-state index contributed by atoms with van der Waals surface area (Å²) in [5.74, 6) is 0.472. The van der Waals surface area contributed by atoms with Crippen LogP contribution in [0.1, 0.15) is 0 Å². The third-order valence-corrected chi connectivity index (χ3v) is 4.73. The van der Waals surface area contributed by atoms with Crippen LogP contribution in [0.5, 0.6) is 5.75 Å². The first kappa shape index (κ1) is 14.6. The second-order valence-corrected chi connectivity index (χ2v) is 6.55. The molecule has 6 nitrogen and oxygen atoms in total. The van der Waals surface area contributed by atoms with Crippen molar-refractivity contribution in [1.82, 2.24) is 4.31 Å². The SMILES string of the molecule is COc1ccc(Br)cc1NS(=O)(=O)N1CCOCC1. The van der Waals surface area contributed by atoms with Gasteiger partial charge in [-0.1, -0.05) is 15.9 Å². The Morgan fingerprint density at radius 1 is 1.37 bits per heavy atom. The molecule has 1 aliphatic rings. The zero-order valence-corrected chi connectivity index (χ0v) is 12.8. The van der Waals surface area contributed by atoms with Crippen LogP contribution in [0.25, 0.3) is 0 Å². The number of rotatable bonds is 4. The number of hydrogen-bond acceptors (Lipinski definition) is 4. The summed E-state index contributed by atoms with van der Waals surface area (Å²) in [5, 5.41) is 0. The molecule has 1 aromatic rings. The minimum atomic E-state index is -3.58. The molecule has 106 valence electrons. The Morgan fingerprint density at radius 3 is 2.68 bits per heavy atom. The molecule has 1 aliphatic heterocycles. The molecule has 1 heterocycles. The van der Waals surface area contributed by atoms with Crippen molar-refractivity contribution in [3.8, 4) is 5.75 Å². The van der Waals surface area contributed by atoms with E-state index in [1.54, 1.807) is 18.2 Å². The van der Waals surface area contributed by atoms with E-state index >= 15 is 0 Å². The molecule has 8 heteroatoms. The molecule has 1 N–H and O–H groups in total. The monoisotopic (exact) mass is 350 g/mol. The van der Waals surface area contributed by atoms with Gasteiger partial charge in [0.1, 0.15) is 5.75 Å². The van der Waals surface area contributed by atoms with Gasteiger partial charge in [-0.3, -0.25) is 4.72 Å². The smallest absolute Gasteiger partial charge is 0.301 e. The Morgan fingerprint density at radius 2 is 2.05 bits per heavy atom. The van der Waals surface area contributed by atoms with Gasteiger partial charge in [0.15, 0.2) is 0 Å². The number of morpholine rings is 1. The zero-order valence-electron chi connectivity index (χ0n) is 10.4. The molecule has 19 heavy (non-hydrogen) atoms. The lowest BCUT2D eigenvalue weighted by Gasteiger charge is -2.26. The molecule has 0 spiro atoms. The zero-order chi connectivity index (χ0) is 13.9. The van der Waals surface area contributed by atoms with Crippen molar-refractivity contribution in [1.29, 1.82) is 0 Å². The minimum absolute atomic E-state index is 0.353. The molecular weight excluding hydrogens is 336 g/mol. The highest BCUT2D eigenvalue weighted by Gasteiger charge is 2.25. The van der Waals surface area contributed by atoms with Gasteiger partial charge >= 0.3 is 10.2 Å². The maximum atomic E-state index is 12.2. The van der Waals surface area contributed by atoms with Crippen molar-refractivity contribution < 1.29 is 17.9 Å². The van der Waals surface area contributed by atoms with Gasteiger partial charge in [-0.25, -0.2) is 0 Å². The van der Waals surface area contributed by atoms with Gasteiger partial charge in [-0.05, 0) is 18.2 Å². The summed E-state index contributed by atoms with van der Waals surface area (Å²) in [6.07, 6.45) is 0. The Balaban J connectivity index is 2.21. The summed E-state index contributed by atoms with van der Waals surface area (Å²) in [6.45, 7) is 1.53. The van der Waals surface area contributed by atoms with Gasteiger partial charge in [0, 0.05) is 17.6 Å². The predicted octanol–water partition coefficient (Wildman–Crippen LogP) is 1.45. The Hall–Kier alpha value is -0.830. The van der Waals surface area contributed by atoms with Crippen LogP contribution in [-0.2, 0) is 14.9 Å². The minimum Gasteiger partial charge on any atom is -0.495 e. The van der Waals surface area contributed by atoms with Gasteiger partial charge in [-0.2, -0.15) is 12.7 Å². The fourth-order valence-electron chi connectivity index (χ4n) is 1.75. The number of ether oxygens (including phenoxy) is 2. The molecular formula is C11H15BrN2O4S. The second kappa shape index (κ2) is 6.08. The first-order chi connectivity index (χ1) is 9.03. The number of nitrogens with zero attached hydrogens (tertiary/aromatic N) is 1. The number of methoxy groups -OCH3 is 1. The van der Waals surface area contributed by atoms with Gasteiger partial charge in [0.25, 0.3) is 0 Å². The number of halogens is 1. The number of benzene rings is 1. The van der Waals surface area contributed by atoms with E-state index in [4.69, 9.17) is 9.47 Å². The van der Waals surface area contributed by atoms with Crippen LogP contribution >= 0.6 is 15.9 Å². The van der Waals surface area contributed by atoms with Crippen molar-refractivity contribution in [3.63, 3.8) is 0 Å². The average Bonchev–Trinajstić information content (AvgIpc) is 2.39. The molecule has 0 unspecified atom stereocenters. The van der Waals surface area contributed by atoms with Crippen LogP contribution in [0.15, 0.2) is 22.7 Å². The van der Waals surface area contributed by atoms with E-state index in [1.807, 2.05) is 0 Å². The van der Waals surface area contributed by atoms with E-state index in [2.05, 4.69) is 20.7 Å². The Kier molecular flexibility index (Phi) is 4.67. The molecule has 0 aromatic heterocycles. The molecule has 0 amide bonds. The van der Waals surface area contributed by atoms with Crippen LogP contribution < -0.4 is 9.46 Å². The van der Waals surface area contributed by atoms with Crippen LogP contribution in [0.3, 0.4) is 0 Å². The lowest BCUT2D eigenvalue weighted by Crippen LogP contribution is -2.43. The second-order valence-electron chi connectivity index (χ2n) is 3.96. The quantitative estimate of drug-likeness (QED) is 0.892. The molecule has 1 aromatic carbocycles. The molecule has 0 saturated carbocycles. The topological polar surface area (TPSA) is 67.9 Å².